The van der Waals surface area contributed by atoms with Crippen LogP contribution < -0.4 is 15.8 Å². The number of fused-ring (bicyclic) bond motifs is 1. The molecule has 3 N–H and O–H groups in total. The zero-order valence-electron chi connectivity index (χ0n) is 9.80. The fourth-order valence-corrected chi connectivity index (χ4v) is 4.04. The van der Waals surface area contributed by atoms with Gasteiger partial charge in [0.05, 0.1) is 22.9 Å². The molecule has 2 rings (SSSR count). The molecule has 0 amide bonds. The van der Waals surface area contributed by atoms with Crippen molar-refractivity contribution in [3.8, 4) is 5.75 Å². The lowest BCUT2D eigenvalue weighted by Gasteiger charge is -2.32. The zero-order chi connectivity index (χ0) is 12.6. The maximum Gasteiger partial charge on any atom is 0.186 e. The molecular formula is C11H16N2O3S. The number of benzene rings is 1. The van der Waals surface area contributed by atoms with Crippen LogP contribution in [0.5, 0.6) is 5.75 Å². The number of para-hydroxylation sites is 1. The Morgan fingerprint density at radius 1 is 1.47 bits per heavy atom. The molecule has 0 bridgehead atoms. The van der Waals surface area contributed by atoms with Gasteiger partial charge in [-0.3, -0.25) is 0 Å². The fraction of sp³-hybridized carbons (Fsp3) is 0.455. The first-order valence-electron chi connectivity index (χ1n) is 5.40. The van der Waals surface area contributed by atoms with E-state index in [1.54, 1.807) is 18.2 Å². The van der Waals surface area contributed by atoms with Crippen LogP contribution in [0.4, 0.5) is 5.69 Å². The van der Waals surface area contributed by atoms with E-state index < -0.39 is 15.1 Å². The van der Waals surface area contributed by atoms with Crippen LogP contribution in [0.25, 0.3) is 0 Å². The summed E-state index contributed by atoms with van der Waals surface area (Å²) in [4.78, 5) is 0.269. The number of anilines is 1. The molecular weight excluding hydrogens is 240 g/mol. The maximum atomic E-state index is 12.3. The Labute approximate surface area is 101 Å². The Kier molecular flexibility index (Phi) is 3.01. The van der Waals surface area contributed by atoms with Crippen molar-refractivity contribution in [1.82, 2.24) is 0 Å². The van der Waals surface area contributed by atoms with E-state index in [1.165, 1.54) is 7.11 Å². The molecule has 1 aromatic carbocycles. The summed E-state index contributed by atoms with van der Waals surface area (Å²) in [5.41, 5.74) is 6.08. The summed E-state index contributed by atoms with van der Waals surface area (Å²) in [6.07, 6.45) is 0. The molecule has 5 nitrogen and oxygen atoms in total. The lowest BCUT2D eigenvalue weighted by Crippen LogP contribution is -2.46. The van der Waals surface area contributed by atoms with E-state index >= 15 is 0 Å². The number of hydrogen-bond acceptors (Lipinski definition) is 5. The van der Waals surface area contributed by atoms with Crippen LogP contribution in [-0.2, 0) is 9.84 Å². The number of sulfone groups is 1. The van der Waals surface area contributed by atoms with Crippen molar-refractivity contribution in [2.75, 3.05) is 19.0 Å². The highest BCUT2D eigenvalue weighted by molar-refractivity contribution is 7.92. The SMILES string of the molecule is COc1cccc2c1NC(C)C(CN)S2(=O)=O. The van der Waals surface area contributed by atoms with Gasteiger partial charge < -0.3 is 15.8 Å². The van der Waals surface area contributed by atoms with E-state index in [4.69, 9.17) is 10.5 Å². The summed E-state index contributed by atoms with van der Waals surface area (Å²) < 4.78 is 29.8. The van der Waals surface area contributed by atoms with Crippen LogP contribution >= 0.6 is 0 Å². The number of rotatable bonds is 2. The minimum atomic E-state index is -3.38. The Hall–Kier alpha value is -1.27. The van der Waals surface area contributed by atoms with Crippen molar-refractivity contribution in [2.45, 2.75) is 23.1 Å². The molecule has 6 heteroatoms. The van der Waals surface area contributed by atoms with E-state index in [9.17, 15) is 8.42 Å². The number of methoxy groups -OCH3 is 1. The lowest BCUT2D eigenvalue weighted by atomic mass is 10.2. The molecule has 94 valence electrons. The molecule has 1 aromatic rings. The molecule has 0 fully saturated rings. The van der Waals surface area contributed by atoms with Crippen molar-refractivity contribution in [3.05, 3.63) is 18.2 Å². The van der Waals surface area contributed by atoms with E-state index in [0.717, 1.165) is 0 Å². The van der Waals surface area contributed by atoms with Gasteiger partial charge in [-0.15, -0.1) is 0 Å². The number of nitrogens with two attached hydrogens (primary N) is 1. The van der Waals surface area contributed by atoms with Gasteiger partial charge >= 0.3 is 0 Å². The number of hydrogen-bond donors (Lipinski definition) is 2. The van der Waals surface area contributed by atoms with Gasteiger partial charge in [-0.25, -0.2) is 8.42 Å². The first kappa shape index (κ1) is 12.2. The predicted octanol–water partition coefficient (Wildman–Crippen LogP) is 0.610. The van der Waals surface area contributed by atoms with Crippen LogP contribution in [0.2, 0.25) is 0 Å². The van der Waals surface area contributed by atoms with Crippen LogP contribution in [0.15, 0.2) is 23.1 Å². The quantitative estimate of drug-likeness (QED) is 0.810. The van der Waals surface area contributed by atoms with E-state index in [-0.39, 0.29) is 17.5 Å². The Morgan fingerprint density at radius 3 is 2.76 bits per heavy atom. The largest absolute Gasteiger partial charge is 0.495 e. The van der Waals surface area contributed by atoms with E-state index in [2.05, 4.69) is 5.32 Å². The molecule has 0 spiro atoms. The van der Waals surface area contributed by atoms with Crippen molar-refractivity contribution in [1.29, 1.82) is 0 Å². The zero-order valence-corrected chi connectivity index (χ0v) is 10.6. The molecule has 0 aromatic heterocycles. The van der Waals surface area contributed by atoms with Crippen LogP contribution in [0.3, 0.4) is 0 Å². The molecule has 1 aliphatic heterocycles. The smallest absolute Gasteiger partial charge is 0.186 e. The van der Waals surface area contributed by atoms with Gasteiger partial charge in [0.1, 0.15) is 5.75 Å². The molecule has 2 atom stereocenters. The molecule has 0 saturated carbocycles. The first-order chi connectivity index (χ1) is 8.02. The second kappa shape index (κ2) is 4.19. The van der Waals surface area contributed by atoms with Crippen LogP contribution in [0, 0.1) is 0 Å². The standard InChI is InChI=1S/C11H16N2O3S/c1-7-10(6-12)17(14,15)9-5-3-4-8(16-2)11(9)13-7/h3-5,7,10,13H,6,12H2,1-2H3. The second-order valence-electron chi connectivity index (χ2n) is 4.09. The highest BCUT2D eigenvalue weighted by Crippen LogP contribution is 2.38. The summed E-state index contributed by atoms with van der Waals surface area (Å²) in [5.74, 6) is 0.536. The van der Waals surface area contributed by atoms with Crippen molar-refractivity contribution < 1.29 is 13.2 Å². The molecule has 0 saturated heterocycles. The molecule has 0 aliphatic carbocycles. The van der Waals surface area contributed by atoms with Gasteiger partial charge in [0, 0.05) is 12.6 Å². The summed E-state index contributed by atoms with van der Waals surface area (Å²) in [7, 11) is -1.86. The van der Waals surface area contributed by atoms with Crippen molar-refractivity contribution in [2.24, 2.45) is 5.73 Å². The Bertz CT molecular complexity index is 528. The van der Waals surface area contributed by atoms with E-state index in [1.807, 2.05) is 6.92 Å². The molecule has 17 heavy (non-hydrogen) atoms. The molecule has 0 radical (unpaired) electrons. The minimum Gasteiger partial charge on any atom is -0.495 e. The van der Waals surface area contributed by atoms with Crippen LogP contribution in [-0.4, -0.2) is 33.4 Å². The maximum absolute atomic E-state index is 12.3. The average Bonchev–Trinajstić information content (AvgIpc) is 2.28. The van der Waals surface area contributed by atoms with Gasteiger partial charge in [-0.05, 0) is 19.1 Å². The van der Waals surface area contributed by atoms with Crippen molar-refractivity contribution >= 4 is 15.5 Å². The normalized spacial score (nSPS) is 25.8. The Morgan fingerprint density at radius 2 is 2.18 bits per heavy atom. The Balaban J connectivity index is 2.65. The third-order valence-electron chi connectivity index (χ3n) is 3.07. The second-order valence-corrected chi connectivity index (χ2v) is 6.22. The highest BCUT2D eigenvalue weighted by atomic mass is 32.2. The topological polar surface area (TPSA) is 81.4 Å². The fourth-order valence-electron chi connectivity index (χ4n) is 2.14. The molecule has 2 unspecified atom stereocenters. The summed E-state index contributed by atoms with van der Waals surface area (Å²) in [6.45, 7) is 1.91. The van der Waals surface area contributed by atoms with Gasteiger partial charge in [-0.1, -0.05) is 6.07 Å². The predicted molar refractivity (Wildman–Crippen MR) is 66.1 cm³/mol. The number of ether oxygens (including phenoxy) is 1. The molecule has 1 aliphatic rings. The van der Waals surface area contributed by atoms with Gasteiger partial charge in [0.25, 0.3) is 0 Å². The van der Waals surface area contributed by atoms with E-state index in [0.29, 0.717) is 11.4 Å². The third kappa shape index (κ3) is 1.77. The summed E-state index contributed by atoms with van der Waals surface area (Å²) in [5, 5.41) is 2.56. The van der Waals surface area contributed by atoms with Crippen molar-refractivity contribution in [3.63, 3.8) is 0 Å². The summed E-state index contributed by atoms with van der Waals surface area (Å²) in [6, 6.07) is 4.75. The van der Waals surface area contributed by atoms with Gasteiger partial charge in [0.2, 0.25) is 0 Å². The third-order valence-corrected chi connectivity index (χ3v) is 5.43. The summed E-state index contributed by atoms with van der Waals surface area (Å²) >= 11 is 0. The van der Waals surface area contributed by atoms with Gasteiger partial charge in [0.15, 0.2) is 9.84 Å². The highest BCUT2D eigenvalue weighted by Gasteiger charge is 2.38. The monoisotopic (exact) mass is 256 g/mol. The minimum absolute atomic E-state index is 0.104. The average molecular weight is 256 g/mol. The lowest BCUT2D eigenvalue weighted by molar-refractivity contribution is 0.414. The van der Waals surface area contributed by atoms with Crippen LogP contribution in [0.1, 0.15) is 6.92 Å². The molecule has 1 heterocycles. The van der Waals surface area contributed by atoms with Gasteiger partial charge in [-0.2, -0.15) is 0 Å². The first-order valence-corrected chi connectivity index (χ1v) is 6.94. The number of nitrogens with one attached hydrogen (secondary N) is 1.